The zero-order valence-corrected chi connectivity index (χ0v) is 12.0. The minimum Gasteiger partial charge on any atom is -0.311 e. The summed E-state index contributed by atoms with van der Waals surface area (Å²) < 4.78 is 2.70. The molecule has 0 fully saturated rings. The van der Waals surface area contributed by atoms with Gasteiger partial charge in [0.05, 0.1) is 18.6 Å². The average molecular weight is 320 g/mol. The number of fused-ring (bicyclic) bond motifs is 1. The van der Waals surface area contributed by atoms with Crippen molar-refractivity contribution in [1.82, 2.24) is 14.9 Å². The van der Waals surface area contributed by atoms with E-state index in [2.05, 4.69) is 26.2 Å². The predicted molar refractivity (Wildman–Crippen MR) is 77.2 cm³/mol. The van der Waals surface area contributed by atoms with Crippen LogP contribution < -0.4 is 10.9 Å². The summed E-state index contributed by atoms with van der Waals surface area (Å²) in [6, 6.07) is 7.93. The largest absolute Gasteiger partial charge is 0.311 e. The SMILES string of the molecule is O=c1c2c(ncn1Cc1ccccc1Br)CNCC2. The Labute approximate surface area is 119 Å². The van der Waals surface area contributed by atoms with Crippen LogP contribution in [0.4, 0.5) is 0 Å². The maximum Gasteiger partial charge on any atom is 0.257 e. The third kappa shape index (κ3) is 2.48. The predicted octanol–water partition coefficient (Wildman–Crippen LogP) is 1.70. The van der Waals surface area contributed by atoms with Gasteiger partial charge < -0.3 is 5.32 Å². The van der Waals surface area contributed by atoms with Crippen LogP contribution in [0.5, 0.6) is 0 Å². The summed E-state index contributed by atoms with van der Waals surface area (Å²) in [5, 5.41) is 3.23. The number of hydrogen-bond donors (Lipinski definition) is 1. The van der Waals surface area contributed by atoms with Gasteiger partial charge in [-0.1, -0.05) is 34.1 Å². The normalized spacial score (nSPS) is 14.2. The summed E-state index contributed by atoms with van der Waals surface area (Å²) >= 11 is 3.51. The molecule has 19 heavy (non-hydrogen) atoms. The molecule has 0 atom stereocenters. The fraction of sp³-hybridized carbons (Fsp3) is 0.286. The Morgan fingerprint density at radius 3 is 3.05 bits per heavy atom. The summed E-state index contributed by atoms with van der Waals surface area (Å²) in [4.78, 5) is 16.8. The fourth-order valence-corrected chi connectivity index (χ4v) is 2.72. The maximum absolute atomic E-state index is 12.4. The molecule has 1 aromatic heterocycles. The van der Waals surface area contributed by atoms with E-state index in [-0.39, 0.29) is 5.56 Å². The standard InChI is InChI=1S/C14H14BrN3O/c15-12-4-2-1-3-10(12)8-18-9-17-13-7-16-6-5-11(13)14(18)19/h1-4,9,16H,5-8H2. The van der Waals surface area contributed by atoms with Gasteiger partial charge in [0.1, 0.15) is 0 Å². The topological polar surface area (TPSA) is 46.9 Å². The summed E-state index contributed by atoms with van der Waals surface area (Å²) in [5.74, 6) is 0. The first-order valence-corrected chi connectivity index (χ1v) is 7.06. The molecule has 4 nitrogen and oxygen atoms in total. The first-order chi connectivity index (χ1) is 9.25. The van der Waals surface area contributed by atoms with Gasteiger partial charge in [-0.3, -0.25) is 9.36 Å². The molecule has 1 aliphatic rings. The smallest absolute Gasteiger partial charge is 0.257 e. The second kappa shape index (κ2) is 5.27. The van der Waals surface area contributed by atoms with Crippen molar-refractivity contribution < 1.29 is 0 Å². The number of aromatic nitrogens is 2. The van der Waals surface area contributed by atoms with Gasteiger partial charge in [-0.05, 0) is 24.6 Å². The molecule has 0 unspecified atom stereocenters. The van der Waals surface area contributed by atoms with Crippen LogP contribution in [0, 0.1) is 0 Å². The van der Waals surface area contributed by atoms with Gasteiger partial charge in [-0.25, -0.2) is 4.98 Å². The highest BCUT2D eigenvalue weighted by Crippen LogP contribution is 2.16. The van der Waals surface area contributed by atoms with E-state index in [0.717, 1.165) is 34.3 Å². The second-order valence-corrected chi connectivity index (χ2v) is 5.48. The quantitative estimate of drug-likeness (QED) is 0.916. The summed E-state index contributed by atoms with van der Waals surface area (Å²) in [6.07, 6.45) is 2.41. The van der Waals surface area contributed by atoms with Crippen molar-refractivity contribution in [1.29, 1.82) is 0 Å². The van der Waals surface area contributed by atoms with Crippen LogP contribution in [0.15, 0.2) is 39.9 Å². The van der Waals surface area contributed by atoms with Crippen molar-refractivity contribution in [2.24, 2.45) is 0 Å². The lowest BCUT2D eigenvalue weighted by molar-refractivity contribution is 0.596. The molecule has 0 bridgehead atoms. The molecular formula is C14H14BrN3O. The molecule has 1 N–H and O–H groups in total. The minimum absolute atomic E-state index is 0.0854. The molecule has 0 aliphatic carbocycles. The van der Waals surface area contributed by atoms with Crippen LogP contribution in [0.1, 0.15) is 16.8 Å². The van der Waals surface area contributed by atoms with Gasteiger partial charge in [0.25, 0.3) is 5.56 Å². The molecular weight excluding hydrogens is 306 g/mol. The van der Waals surface area contributed by atoms with Crippen molar-refractivity contribution in [2.75, 3.05) is 6.54 Å². The van der Waals surface area contributed by atoms with Crippen LogP contribution >= 0.6 is 15.9 Å². The van der Waals surface area contributed by atoms with Crippen molar-refractivity contribution in [2.45, 2.75) is 19.5 Å². The molecule has 0 amide bonds. The van der Waals surface area contributed by atoms with Gasteiger partial charge in [-0.2, -0.15) is 0 Å². The highest BCUT2D eigenvalue weighted by atomic mass is 79.9. The summed E-state index contributed by atoms with van der Waals surface area (Å²) in [6.45, 7) is 2.09. The molecule has 0 saturated carbocycles. The number of nitrogens with one attached hydrogen (secondary N) is 1. The van der Waals surface area contributed by atoms with E-state index < -0.39 is 0 Å². The monoisotopic (exact) mass is 319 g/mol. The fourth-order valence-electron chi connectivity index (χ4n) is 2.31. The lowest BCUT2D eigenvalue weighted by Gasteiger charge is -2.17. The van der Waals surface area contributed by atoms with E-state index in [9.17, 15) is 4.79 Å². The Morgan fingerprint density at radius 2 is 2.21 bits per heavy atom. The lowest BCUT2D eigenvalue weighted by atomic mass is 10.1. The maximum atomic E-state index is 12.4. The zero-order valence-electron chi connectivity index (χ0n) is 10.4. The molecule has 5 heteroatoms. The zero-order chi connectivity index (χ0) is 13.2. The molecule has 98 valence electrons. The molecule has 2 aromatic rings. The molecule has 1 aliphatic heterocycles. The molecule has 2 heterocycles. The van der Waals surface area contributed by atoms with Crippen LogP contribution in [0.25, 0.3) is 0 Å². The molecule has 1 aromatic carbocycles. The third-order valence-electron chi connectivity index (χ3n) is 3.36. The second-order valence-electron chi connectivity index (χ2n) is 4.62. The average Bonchev–Trinajstić information content (AvgIpc) is 2.44. The third-order valence-corrected chi connectivity index (χ3v) is 4.14. The number of nitrogens with zero attached hydrogens (tertiary/aromatic N) is 2. The summed E-state index contributed by atoms with van der Waals surface area (Å²) in [5.41, 5.74) is 2.91. The van der Waals surface area contributed by atoms with Gasteiger partial charge >= 0.3 is 0 Å². The van der Waals surface area contributed by atoms with Gasteiger partial charge in [-0.15, -0.1) is 0 Å². The first kappa shape index (κ1) is 12.6. The van der Waals surface area contributed by atoms with Crippen molar-refractivity contribution >= 4 is 15.9 Å². The minimum atomic E-state index is 0.0854. The molecule has 3 rings (SSSR count). The van der Waals surface area contributed by atoms with Crippen LogP contribution in [-0.4, -0.2) is 16.1 Å². The van der Waals surface area contributed by atoms with Gasteiger partial charge in [0.15, 0.2) is 0 Å². The Bertz CT molecular complexity index is 666. The van der Waals surface area contributed by atoms with Gasteiger partial charge in [0.2, 0.25) is 0 Å². The number of halogens is 1. The van der Waals surface area contributed by atoms with Crippen LogP contribution in [0.3, 0.4) is 0 Å². The Kier molecular flexibility index (Phi) is 3.48. The number of benzene rings is 1. The lowest BCUT2D eigenvalue weighted by Crippen LogP contribution is -2.34. The van der Waals surface area contributed by atoms with Crippen molar-refractivity contribution in [3.8, 4) is 0 Å². The number of hydrogen-bond acceptors (Lipinski definition) is 3. The summed E-state index contributed by atoms with van der Waals surface area (Å²) in [7, 11) is 0. The van der Waals surface area contributed by atoms with E-state index in [0.29, 0.717) is 13.1 Å². The Morgan fingerprint density at radius 1 is 1.37 bits per heavy atom. The van der Waals surface area contributed by atoms with E-state index in [1.807, 2.05) is 24.3 Å². The number of rotatable bonds is 2. The molecule has 0 radical (unpaired) electrons. The highest BCUT2D eigenvalue weighted by Gasteiger charge is 2.15. The first-order valence-electron chi connectivity index (χ1n) is 6.27. The van der Waals surface area contributed by atoms with Crippen LogP contribution in [-0.2, 0) is 19.5 Å². The molecule has 0 saturated heterocycles. The van der Waals surface area contributed by atoms with E-state index in [4.69, 9.17) is 0 Å². The van der Waals surface area contributed by atoms with E-state index in [1.54, 1.807) is 10.9 Å². The van der Waals surface area contributed by atoms with Gasteiger partial charge in [0, 0.05) is 16.6 Å². The van der Waals surface area contributed by atoms with Crippen molar-refractivity contribution in [3.05, 3.63) is 62.2 Å². The van der Waals surface area contributed by atoms with Crippen LogP contribution in [0.2, 0.25) is 0 Å². The Balaban J connectivity index is 1.98. The van der Waals surface area contributed by atoms with Crippen molar-refractivity contribution in [3.63, 3.8) is 0 Å². The van der Waals surface area contributed by atoms with E-state index in [1.165, 1.54) is 0 Å². The van der Waals surface area contributed by atoms with E-state index >= 15 is 0 Å². The highest BCUT2D eigenvalue weighted by molar-refractivity contribution is 9.10. The Hall–Kier alpha value is -1.46. The molecule has 0 spiro atoms.